The lowest BCUT2D eigenvalue weighted by atomic mass is 10.0. The number of benzene rings is 1. The predicted molar refractivity (Wildman–Crippen MR) is 96.4 cm³/mol. The average Bonchev–Trinajstić information content (AvgIpc) is 3.38. The molecule has 5 nitrogen and oxygen atoms in total. The Kier molecular flexibility index (Phi) is 5.06. The second-order valence-corrected chi connectivity index (χ2v) is 7.44. The molecule has 136 valence electrons. The molecule has 0 aromatic heterocycles. The monoisotopic (exact) mass is 344 g/mol. The van der Waals surface area contributed by atoms with Gasteiger partial charge in [-0.2, -0.15) is 0 Å². The van der Waals surface area contributed by atoms with Crippen molar-refractivity contribution in [3.63, 3.8) is 0 Å². The van der Waals surface area contributed by atoms with Crippen LogP contribution in [-0.2, 0) is 20.7 Å². The number of amides is 1. The van der Waals surface area contributed by atoms with Gasteiger partial charge in [0.1, 0.15) is 0 Å². The van der Waals surface area contributed by atoms with E-state index in [-0.39, 0.29) is 11.8 Å². The van der Waals surface area contributed by atoms with Crippen molar-refractivity contribution in [2.45, 2.75) is 44.3 Å². The van der Waals surface area contributed by atoms with E-state index in [9.17, 15) is 4.79 Å². The van der Waals surface area contributed by atoms with Crippen LogP contribution in [0.15, 0.2) is 24.3 Å². The summed E-state index contributed by atoms with van der Waals surface area (Å²) in [6.45, 7) is 4.79. The third-order valence-corrected chi connectivity index (χ3v) is 5.78. The third-order valence-electron chi connectivity index (χ3n) is 5.78. The first-order valence-corrected chi connectivity index (χ1v) is 9.65. The molecule has 1 aromatic carbocycles. The number of carbonyl (C=O) groups excluding carboxylic acids is 1. The average molecular weight is 344 g/mol. The molecule has 1 aliphatic carbocycles. The molecule has 1 atom stereocenters. The van der Waals surface area contributed by atoms with Crippen LogP contribution in [0.1, 0.15) is 37.7 Å². The Morgan fingerprint density at radius 1 is 1.12 bits per heavy atom. The molecule has 25 heavy (non-hydrogen) atoms. The van der Waals surface area contributed by atoms with E-state index >= 15 is 0 Å². The molecule has 1 saturated carbocycles. The molecule has 1 N–H and O–H groups in total. The quantitative estimate of drug-likeness (QED) is 0.892. The fraction of sp³-hybridized carbons (Fsp3) is 0.650. The Hall–Kier alpha value is -1.43. The van der Waals surface area contributed by atoms with E-state index in [1.165, 1.54) is 31.5 Å². The molecule has 0 bridgehead atoms. The van der Waals surface area contributed by atoms with Crippen molar-refractivity contribution in [3.05, 3.63) is 29.8 Å². The van der Waals surface area contributed by atoms with Crippen molar-refractivity contribution in [1.29, 1.82) is 0 Å². The molecule has 1 unspecified atom stereocenters. The maximum atomic E-state index is 12.7. The molecule has 1 spiro atoms. The second kappa shape index (κ2) is 7.44. The van der Waals surface area contributed by atoms with Gasteiger partial charge >= 0.3 is 0 Å². The van der Waals surface area contributed by atoms with Crippen LogP contribution >= 0.6 is 0 Å². The van der Waals surface area contributed by atoms with Gasteiger partial charge in [0.2, 0.25) is 5.91 Å². The topological polar surface area (TPSA) is 50.8 Å². The van der Waals surface area contributed by atoms with Crippen LogP contribution in [0.2, 0.25) is 0 Å². The first-order chi connectivity index (χ1) is 12.3. The first kappa shape index (κ1) is 17.0. The number of carbonyl (C=O) groups is 1. The molecule has 5 heteroatoms. The molecular weight excluding hydrogens is 316 g/mol. The highest BCUT2D eigenvalue weighted by molar-refractivity contribution is 5.93. The normalized spacial score (nSPS) is 25.7. The molecule has 3 fully saturated rings. The van der Waals surface area contributed by atoms with Crippen molar-refractivity contribution >= 4 is 11.6 Å². The lowest BCUT2D eigenvalue weighted by molar-refractivity contribution is -0.184. The van der Waals surface area contributed by atoms with Crippen LogP contribution in [0.5, 0.6) is 0 Å². The Bertz CT molecular complexity index is 584. The van der Waals surface area contributed by atoms with E-state index in [4.69, 9.17) is 9.47 Å². The molecule has 2 heterocycles. The standard InChI is InChI=1S/C20H28N2O3/c23-19(18-4-3-10-20(18)24-14-15-25-20)21-17-7-5-16(6-8-17)9-13-22-11-1-2-12-22/h5-8,18H,1-4,9-15H2,(H,21,23). The molecular formula is C20H28N2O3. The maximum absolute atomic E-state index is 12.7. The molecule has 3 aliphatic rings. The van der Waals surface area contributed by atoms with Gasteiger partial charge in [-0.15, -0.1) is 0 Å². The van der Waals surface area contributed by atoms with Crippen LogP contribution < -0.4 is 5.32 Å². The Balaban J connectivity index is 1.32. The van der Waals surface area contributed by atoms with Gasteiger partial charge < -0.3 is 19.7 Å². The van der Waals surface area contributed by atoms with E-state index in [1.807, 2.05) is 12.1 Å². The van der Waals surface area contributed by atoms with Crippen LogP contribution in [0, 0.1) is 5.92 Å². The summed E-state index contributed by atoms with van der Waals surface area (Å²) in [4.78, 5) is 15.2. The van der Waals surface area contributed by atoms with Gasteiger partial charge in [0.15, 0.2) is 5.79 Å². The summed E-state index contributed by atoms with van der Waals surface area (Å²) in [5.41, 5.74) is 2.18. The summed E-state index contributed by atoms with van der Waals surface area (Å²) >= 11 is 0. The van der Waals surface area contributed by atoms with E-state index in [2.05, 4.69) is 22.3 Å². The Morgan fingerprint density at radius 3 is 2.56 bits per heavy atom. The third kappa shape index (κ3) is 3.73. The largest absolute Gasteiger partial charge is 0.347 e. The Morgan fingerprint density at radius 2 is 1.84 bits per heavy atom. The number of hydrogen-bond donors (Lipinski definition) is 1. The Labute approximate surface area is 149 Å². The van der Waals surface area contributed by atoms with Gasteiger partial charge in [-0.05, 0) is 62.9 Å². The van der Waals surface area contributed by atoms with Gasteiger partial charge in [-0.3, -0.25) is 4.79 Å². The van der Waals surface area contributed by atoms with Crippen molar-refractivity contribution < 1.29 is 14.3 Å². The number of rotatable bonds is 5. The molecule has 1 aromatic rings. The number of hydrogen-bond acceptors (Lipinski definition) is 4. The summed E-state index contributed by atoms with van der Waals surface area (Å²) in [6, 6.07) is 8.27. The minimum atomic E-state index is -0.667. The highest BCUT2D eigenvalue weighted by Crippen LogP contribution is 2.42. The predicted octanol–water partition coefficient (Wildman–Crippen LogP) is 2.81. The van der Waals surface area contributed by atoms with Gasteiger partial charge in [0, 0.05) is 18.7 Å². The van der Waals surface area contributed by atoms with Gasteiger partial charge in [0.25, 0.3) is 0 Å². The van der Waals surface area contributed by atoms with Crippen LogP contribution in [0.3, 0.4) is 0 Å². The number of anilines is 1. The lowest BCUT2D eigenvalue weighted by Crippen LogP contribution is -2.41. The summed E-state index contributed by atoms with van der Waals surface area (Å²) < 4.78 is 11.6. The molecule has 2 saturated heterocycles. The van der Waals surface area contributed by atoms with Crippen LogP contribution in [0.25, 0.3) is 0 Å². The van der Waals surface area contributed by atoms with E-state index in [0.29, 0.717) is 13.2 Å². The SMILES string of the molecule is O=C(Nc1ccc(CCN2CCCC2)cc1)C1CCCC12OCCO2. The van der Waals surface area contributed by atoms with Crippen LogP contribution in [0.4, 0.5) is 5.69 Å². The smallest absolute Gasteiger partial charge is 0.232 e. The van der Waals surface area contributed by atoms with Gasteiger partial charge in [0.05, 0.1) is 19.1 Å². The minimum absolute atomic E-state index is 0.0178. The molecule has 0 radical (unpaired) electrons. The zero-order valence-corrected chi connectivity index (χ0v) is 14.8. The number of nitrogens with one attached hydrogen (secondary N) is 1. The number of likely N-dealkylation sites (tertiary alicyclic amines) is 1. The number of nitrogens with zero attached hydrogens (tertiary/aromatic N) is 1. The fourth-order valence-corrected chi connectivity index (χ4v) is 4.37. The molecule has 2 aliphatic heterocycles. The van der Waals surface area contributed by atoms with Crippen molar-refractivity contribution in [1.82, 2.24) is 4.90 Å². The van der Waals surface area contributed by atoms with Crippen molar-refractivity contribution in [2.24, 2.45) is 5.92 Å². The van der Waals surface area contributed by atoms with Crippen molar-refractivity contribution in [2.75, 3.05) is 38.2 Å². The van der Waals surface area contributed by atoms with E-state index in [0.717, 1.165) is 37.9 Å². The molecule has 4 rings (SSSR count). The van der Waals surface area contributed by atoms with Crippen LogP contribution in [-0.4, -0.2) is 49.4 Å². The van der Waals surface area contributed by atoms with Crippen molar-refractivity contribution in [3.8, 4) is 0 Å². The molecule has 1 amide bonds. The van der Waals surface area contributed by atoms with E-state index < -0.39 is 5.79 Å². The fourth-order valence-electron chi connectivity index (χ4n) is 4.37. The summed E-state index contributed by atoms with van der Waals surface area (Å²) in [6.07, 6.45) is 6.37. The maximum Gasteiger partial charge on any atom is 0.232 e. The minimum Gasteiger partial charge on any atom is -0.347 e. The highest BCUT2D eigenvalue weighted by Gasteiger charge is 2.51. The summed E-state index contributed by atoms with van der Waals surface area (Å²) in [5.74, 6) is -0.853. The summed E-state index contributed by atoms with van der Waals surface area (Å²) in [7, 11) is 0. The zero-order chi connectivity index (χ0) is 17.1. The highest BCUT2D eigenvalue weighted by atomic mass is 16.7. The first-order valence-electron chi connectivity index (χ1n) is 9.65. The van der Waals surface area contributed by atoms with Gasteiger partial charge in [-0.25, -0.2) is 0 Å². The zero-order valence-electron chi connectivity index (χ0n) is 14.8. The summed E-state index contributed by atoms with van der Waals surface area (Å²) in [5, 5.41) is 3.05. The van der Waals surface area contributed by atoms with Gasteiger partial charge in [-0.1, -0.05) is 12.1 Å². The second-order valence-electron chi connectivity index (χ2n) is 7.44. The lowest BCUT2D eigenvalue weighted by Gasteiger charge is -2.28. The van der Waals surface area contributed by atoms with E-state index in [1.54, 1.807) is 0 Å². The number of ether oxygens (including phenoxy) is 2.